The van der Waals surface area contributed by atoms with Crippen molar-refractivity contribution in [3.8, 4) is 16.9 Å². The summed E-state index contributed by atoms with van der Waals surface area (Å²) < 4.78 is 63.8. The minimum atomic E-state index is -5.67. The first-order chi connectivity index (χ1) is 10.8. The number of benzene rings is 1. The van der Waals surface area contributed by atoms with Gasteiger partial charge in [-0.15, -0.1) is 11.3 Å². The molecule has 0 amide bonds. The van der Waals surface area contributed by atoms with E-state index in [1.807, 2.05) is 5.38 Å². The van der Waals surface area contributed by atoms with Crippen LogP contribution in [0.25, 0.3) is 21.2 Å². The molecule has 2 aromatic heterocycles. The van der Waals surface area contributed by atoms with Crippen LogP contribution >= 0.6 is 11.3 Å². The minimum Gasteiger partial charge on any atom is -0.376 e. The highest BCUT2D eigenvalue weighted by Gasteiger charge is 2.48. The van der Waals surface area contributed by atoms with Gasteiger partial charge in [-0.2, -0.15) is 21.6 Å². The Morgan fingerprint density at radius 2 is 1.78 bits per heavy atom. The maximum absolute atomic E-state index is 12.3. The standard InChI is InChI=1S/C14H8F3NO3S2/c15-14(16,17)23(19,20)21-10-1-2-11-12(8-22-13(11)7-10)9-3-5-18-6-4-9/h1-8H. The van der Waals surface area contributed by atoms with Crippen LogP contribution in [0, 0.1) is 0 Å². The fourth-order valence-electron chi connectivity index (χ4n) is 1.99. The molecule has 3 aromatic rings. The molecule has 0 aliphatic carbocycles. The Hall–Kier alpha value is -2.13. The van der Waals surface area contributed by atoms with Crippen LogP contribution < -0.4 is 4.18 Å². The van der Waals surface area contributed by atoms with E-state index >= 15 is 0 Å². The monoisotopic (exact) mass is 359 g/mol. The SMILES string of the molecule is O=S(=O)(Oc1ccc2c(-c3ccncc3)csc2c1)C(F)(F)F. The van der Waals surface area contributed by atoms with E-state index in [0.717, 1.165) is 16.5 Å². The molecule has 0 aliphatic rings. The molecule has 0 unspecified atom stereocenters. The van der Waals surface area contributed by atoms with E-state index in [1.54, 1.807) is 24.5 Å². The molecular weight excluding hydrogens is 351 g/mol. The van der Waals surface area contributed by atoms with Gasteiger partial charge in [0, 0.05) is 28.0 Å². The molecule has 0 aliphatic heterocycles. The van der Waals surface area contributed by atoms with E-state index in [0.29, 0.717) is 4.70 Å². The molecule has 0 spiro atoms. The maximum atomic E-state index is 12.3. The molecule has 9 heteroatoms. The van der Waals surface area contributed by atoms with Gasteiger partial charge in [-0.25, -0.2) is 0 Å². The van der Waals surface area contributed by atoms with E-state index < -0.39 is 15.6 Å². The molecule has 1 aromatic carbocycles. The highest BCUT2D eigenvalue weighted by Crippen LogP contribution is 2.36. The largest absolute Gasteiger partial charge is 0.534 e. The maximum Gasteiger partial charge on any atom is 0.534 e. The van der Waals surface area contributed by atoms with Crippen LogP contribution in [0.5, 0.6) is 5.75 Å². The van der Waals surface area contributed by atoms with Crippen molar-refractivity contribution >= 4 is 31.5 Å². The number of fused-ring (bicyclic) bond motifs is 1. The number of alkyl halides is 3. The summed E-state index contributed by atoms with van der Waals surface area (Å²) in [5.41, 5.74) is -3.67. The van der Waals surface area contributed by atoms with E-state index in [2.05, 4.69) is 9.17 Å². The molecule has 4 nitrogen and oxygen atoms in total. The van der Waals surface area contributed by atoms with Gasteiger partial charge in [-0.05, 0) is 41.3 Å². The summed E-state index contributed by atoms with van der Waals surface area (Å²) in [6.07, 6.45) is 3.26. The third-order valence-corrected chi connectivity index (χ3v) is 4.95. The van der Waals surface area contributed by atoms with Crippen molar-refractivity contribution in [3.05, 3.63) is 48.1 Å². The zero-order valence-electron chi connectivity index (χ0n) is 11.2. The lowest BCUT2D eigenvalue weighted by Crippen LogP contribution is -2.27. The zero-order valence-corrected chi connectivity index (χ0v) is 12.9. The summed E-state index contributed by atoms with van der Waals surface area (Å²) >= 11 is 1.28. The normalized spacial score (nSPS) is 12.5. The Labute approximate surface area is 133 Å². The number of halogens is 3. The average Bonchev–Trinajstić information content (AvgIpc) is 2.89. The van der Waals surface area contributed by atoms with Crippen molar-refractivity contribution in [2.24, 2.45) is 0 Å². The number of hydrogen-bond donors (Lipinski definition) is 0. The Morgan fingerprint density at radius 3 is 2.43 bits per heavy atom. The predicted octanol–water partition coefficient (Wildman–Crippen LogP) is 4.19. The van der Waals surface area contributed by atoms with Crippen molar-refractivity contribution in [1.82, 2.24) is 4.98 Å². The van der Waals surface area contributed by atoms with Gasteiger partial charge in [0.15, 0.2) is 0 Å². The number of aromatic nitrogens is 1. The van der Waals surface area contributed by atoms with Crippen LogP contribution in [-0.2, 0) is 10.1 Å². The quantitative estimate of drug-likeness (QED) is 0.520. The van der Waals surface area contributed by atoms with Crippen LogP contribution in [0.2, 0.25) is 0 Å². The van der Waals surface area contributed by atoms with Gasteiger partial charge in [0.1, 0.15) is 5.75 Å². The van der Waals surface area contributed by atoms with E-state index in [4.69, 9.17) is 0 Å². The van der Waals surface area contributed by atoms with Gasteiger partial charge in [0.05, 0.1) is 0 Å². The lowest BCUT2D eigenvalue weighted by molar-refractivity contribution is -0.0500. The van der Waals surface area contributed by atoms with Crippen LogP contribution in [0.3, 0.4) is 0 Å². The van der Waals surface area contributed by atoms with Crippen LogP contribution in [-0.4, -0.2) is 18.9 Å². The Bertz CT molecular complexity index is 950. The Kier molecular flexibility index (Phi) is 3.77. The molecule has 0 saturated carbocycles. The van der Waals surface area contributed by atoms with Gasteiger partial charge in [0.2, 0.25) is 0 Å². The first kappa shape index (κ1) is 15.8. The lowest BCUT2D eigenvalue weighted by Gasteiger charge is -2.09. The zero-order chi connectivity index (χ0) is 16.7. The molecule has 0 saturated heterocycles. The summed E-state index contributed by atoms with van der Waals surface area (Å²) in [4.78, 5) is 3.92. The second-order valence-corrected chi connectivity index (χ2v) is 6.98. The predicted molar refractivity (Wildman–Crippen MR) is 80.7 cm³/mol. The van der Waals surface area contributed by atoms with Crippen LogP contribution in [0.15, 0.2) is 48.1 Å². The number of rotatable bonds is 3. The molecule has 0 atom stereocenters. The van der Waals surface area contributed by atoms with Crippen LogP contribution in [0.4, 0.5) is 13.2 Å². The van der Waals surface area contributed by atoms with Gasteiger partial charge in [-0.3, -0.25) is 4.98 Å². The minimum absolute atomic E-state index is 0.377. The van der Waals surface area contributed by atoms with Gasteiger partial charge in [0.25, 0.3) is 0 Å². The number of thiophene rings is 1. The number of hydrogen-bond acceptors (Lipinski definition) is 5. The van der Waals surface area contributed by atoms with Crippen molar-refractivity contribution in [2.75, 3.05) is 0 Å². The second kappa shape index (κ2) is 5.50. The third-order valence-electron chi connectivity index (χ3n) is 3.03. The first-order valence-electron chi connectivity index (χ1n) is 6.20. The van der Waals surface area contributed by atoms with Crippen molar-refractivity contribution in [3.63, 3.8) is 0 Å². The average molecular weight is 359 g/mol. The summed E-state index contributed by atoms with van der Waals surface area (Å²) in [5, 5.41) is 2.63. The molecule has 0 fully saturated rings. The van der Waals surface area contributed by atoms with Crippen molar-refractivity contribution in [1.29, 1.82) is 0 Å². The molecule has 2 heterocycles. The molecular formula is C14H8F3NO3S2. The smallest absolute Gasteiger partial charge is 0.376 e. The van der Waals surface area contributed by atoms with E-state index in [-0.39, 0.29) is 5.75 Å². The highest BCUT2D eigenvalue weighted by atomic mass is 32.2. The van der Waals surface area contributed by atoms with Gasteiger partial charge < -0.3 is 4.18 Å². The molecule has 0 bridgehead atoms. The summed E-state index contributed by atoms with van der Waals surface area (Å²) in [6.45, 7) is 0. The second-order valence-electron chi connectivity index (χ2n) is 4.53. The fraction of sp³-hybridized carbons (Fsp3) is 0.0714. The topological polar surface area (TPSA) is 56.3 Å². The number of nitrogens with zero attached hydrogens (tertiary/aromatic N) is 1. The van der Waals surface area contributed by atoms with Crippen LogP contribution in [0.1, 0.15) is 0 Å². The third kappa shape index (κ3) is 3.02. The fourth-order valence-corrected chi connectivity index (χ4v) is 3.44. The van der Waals surface area contributed by atoms with Gasteiger partial charge in [-0.1, -0.05) is 0 Å². The first-order valence-corrected chi connectivity index (χ1v) is 8.49. The summed E-state index contributed by atoms with van der Waals surface area (Å²) in [6, 6.07) is 7.61. The van der Waals surface area contributed by atoms with E-state index in [9.17, 15) is 21.6 Å². The Balaban J connectivity index is 1.99. The van der Waals surface area contributed by atoms with Gasteiger partial charge >= 0.3 is 15.6 Å². The van der Waals surface area contributed by atoms with Crippen molar-refractivity contribution in [2.45, 2.75) is 5.51 Å². The molecule has 3 rings (SSSR count). The lowest BCUT2D eigenvalue weighted by atomic mass is 10.1. The molecule has 0 N–H and O–H groups in total. The Morgan fingerprint density at radius 1 is 1.09 bits per heavy atom. The summed E-state index contributed by atoms with van der Waals surface area (Å²) in [7, 11) is -5.67. The molecule has 23 heavy (non-hydrogen) atoms. The van der Waals surface area contributed by atoms with E-state index in [1.165, 1.54) is 29.5 Å². The van der Waals surface area contributed by atoms with Crippen molar-refractivity contribution < 1.29 is 25.8 Å². The molecule has 0 radical (unpaired) electrons. The number of pyridine rings is 1. The summed E-state index contributed by atoms with van der Waals surface area (Å²) in [5.74, 6) is -0.377. The molecule has 120 valence electrons. The highest BCUT2D eigenvalue weighted by molar-refractivity contribution is 7.88.